The van der Waals surface area contributed by atoms with E-state index < -0.39 is 198 Å². The molecule has 0 aliphatic carbocycles. The van der Waals surface area contributed by atoms with Gasteiger partial charge in [-0.3, -0.25) is 38.4 Å². The normalized spacial score (nSPS) is 26.2. The van der Waals surface area contributed by atoms with Gasteiger partial charge in [0.25, 0.3) is 16.3 Å². The number of hydrogen-bond donors (Lipinski definition) is 15. The summed E-state index contributed by atoms with van der Waals surface area (Å²) >= 11 is 0. The van der Waals surface area contributed by atoms with Gasteiger partial charge in [0.15, 0.2) is 23.5 Å². The summed E-state index contributed by atoms with van der Waals surface area (Å²) in [7, 11) is -5.60. The third-order valence-electron chi connectivity index (χ3n) is 15.2. The minimum atomic E-state index is -5.60. The van der Waals surface area contributed by atoms with Gasteiger partial charge in [0.05, 0.1) is 37.4 Å². The van der Waals surface area contributed by atoms with E-state index in [1.54, 1.807) is 30.3 Å². The Balaban J connectivity index is 0.0000129. The Hall–Kier alpha value is -7.38. The van der Waals surface area contributed by atoms with Crippen LogP contribution in [0.25, 0.3) is 22.6 Å². The van der Waals surface area contributed by atoms with Crippen molar-refractivity contribution in [3.05, 3.63) is 83.9 Å². The number of unbranched alkanes of at least 4 members (excludes halogenated alkanes) is 2. The molecule has 32 nitrogen and oxygen atoms in total. The number of carbonyl (C=O) groups is 8. The first kappa shape index (κ1) is 71.7. The zero-order valence-electron chi connectivity index (χ0n) is 49.0. The maximum absolute atomic E-state index is 14.7. The summed E-state index contributed by atoms with van der Waals surface area (Å²) < 4.78 is 49.9. The molecule has 3 aliphatic rings. The number of hydrogen-bond acceptors (Lipinski definition) is 24. The van der Waals surface area contributed by atoms with Crippen LogP contribution in [0.4, 0.5) is 0 Å². The molecule has 2 unspecified atom stereocenters. The van der Waals surface area contributed by atoms with E-state index in [0.717, 1.165) is 32.3 Å². The molecular weight excluding hydrogens is 1220 g/mol. The number of amides is 8. The maximum atomic E-state index is 14.7. The summed E-state index contributed by atoms with van der Waals surface area (Å²) in [5.41, 5.74) is 6.13. The fraction of sp³-hybridized carbons (Fsp3) is 0.482. The number of fused-ring (bicyclic) bond motifs is 2. The minimum absolute atomic E-state index is 0. The molecule has 4 aromatic rings. The summed E-state index contributed by atoms with van der Waals surface area (Å²) in [6.07, 6.45) is -17.3. The molecule has 3 fully saturated rings. The second-order valence-corrected chi connectivity index (χ2v) is 22.9. The number of aliphatic hydroxyl groups excluding tert-OH is 8. The molecule has 0 bridgehead atoms. The molecule has 3 aromatic carbocycles. The van der Waals surface area contributed by atoms with Gasteiger partial charge in [-0.1, -0.05) is 50.0 Å². The van der Waals surface area contributed by atoms with Gasteiger partial charge in [0, 0.05) is 54.6 Å². The average Bonchev–Trinajstić information content (AvgIpc) is 2.24. The summed E-state index contributed by atoms with van der Waals surface area (Å²) in [6, 6.07) is 3.38. The largest absolute Gasteiger partial charge is 1.00 e. The number of rotatable bonds is 18. The Bertz CT molecular complexity index is 3340. The van der Waals surface area contributed by atoms with Crippen molar-refractivity contribution in [3.8, 4) is 39.8 Å². The number of nitrogens with two attached hydrogens (primary N) is 1. The molecule has 3 saturated heterocycles. The van der Waals surface area contributed by atoms with Crippen LogP contribution < -0.4 is 70.8 Å². The van der Waals surface area contributed by atoms with Crippen molar-refractivity contribution in [1.82, 2.24) is 41.5 Å². The van der Waals surface area contributed by atoms with Crippen LogP contribution in [0.5, 0.6) is 17.2 Å². The number of benzene rings is 3. The van der Waals surface area contributed by atoms with Crippen molar-refractivity contribution in [2.75, 3.05) is 19.7 Å². The van der Waals surface area contributed by atoms with Gasteiger partial charge in [-0.25, -0.2) is 8.42 Å². The van der Waals surface area contributed by atoms with Crippen LogP contribution in [0.3, 0.4) is 0 Å². The Morgan fingerprint density at radius 2 is 1.43 bits per heavy atom. The number of nitrogens with one attached hydrogen (secondary N) is 5. The number of aliphatic hydroxyl groups is 8. The third kappa shape index (κ3) is 17.8. The fourth-order valence-corrected chi connectivity index (χ4v) is 10.7. The van der Waals surface area contributed by atoms with E-state index in [1.165, 1.54) is 31.2 Å². The number of aromatic hydroxyl groups is 1. The third-order valence-corrected chi connectivity index (χ3v) is 15.6. The van der Waals surface area contributed by atoms with Crippen molar-refractivity contribution >= 4 is 57.7 Å². The number of primary amides is 1. The molecule has 34 heteroatoms. The Kier molecular flexibility index (Phi) is 24.8. The summed E-state index contributed by atoms with van der Waals surface area (Å²) in [5.74, 6) is -13.0. The SMILES string of the molecule is CCCCCOc1ccc(-c2cc(-c3ccc(C(=O)NC4C[C@H](O)[C@@H](O)NC(=O)[C@H]5[C@H](O)[C@H](C)CN5C(=O)[C@@H]([C@@H](O)CC(N)=O)NC(=O)[C@@H](C(O)[C@@H](O)c5ccc(O)c(OS(=O)(=O)[O-])c5)NC(=O)[C@H]5C[C@H](O)CN5C(=O)[C@@H]([C@@H](C)O)NC4=O)cc3)no2)cc1.[Na+]. The predicted molar refractivity (Wildman–Crippen MR) is 302 cm³/mol. The molecule has 16 N–H and O–H groups in total. The van der Waals surface area contributed by atoms with Crippen molar-refractivity contribution in [2.24, 2.45) is 11.7 Å². The van der Waals surface area contributed by atoms with E-state index in [1.807, 2.05) is 10.6 Å². The number of phenols is 1. The molecule has 0 spiro atoms. The molecule has 15 atom stereocenters. The van der Waals surface area contributed by atoms with Gasteiger partial charge in [0.2, 0.25) is 41.4 Å². The summed E-state index contributed by atoms with van der Waals surface area (Å²) in [6.45, 7) is 3.72. The van der Waals surface area contributed by atoms with E-state index in [-0.39, 0.29) is 35.1 Å². The molecule has 3 aliphatic heterocycles. The first-order chi connectivity index (χ1) is 42.0. The van der Waals surface area contributed by atoms with Crippen molar-refractivity contribution in [3.63, 3.8) is 0 Å². The molecule has 0 radical (unpaired) electrons. The van der Waals surface area contributed by atoms with Crippen LogP contribution in [-0.4, -0.2) is 220 Å². The Morgan fingerprint density at radius 1 is 0.800 bits per heavy atom. The molecular formula is C56H70N9NaO23S. The topological polar surface area (TPSA) is 513 Å². The van der Waals surface area contributed by atoms with E-state index in [4.69, 9.17) is 15.0 Å². The molecule has 1 aromatic heterocycles. The van der Waals surface area contributed by atoms with E-state index in [0.29, 0.717) is 56.9 Å². The Morgan fingerprint density at radius 3 is 2.07 bits per heavy atom. The van der Waals surface area contributed by atoms with Gasteiger partial charge in [-0.05, 0) is 67.4 Å². The van der Waals surface area contributed by atoms with E-state index in [9.17, 15) is 97.3 Å². The molecule has 4 heterocycles. The molecule has 90 heavy (non-hydrogen) atoms. The zero-order valence-corrected chi connectivity index (χ0v) is 51.8. The van der Waals surface area contributed by atoms with E-state index >= 15 is 0 Å². The maximum Gasteiger partial charge on any atom is 1.00 e. The number of carbonyl (C=O) groups excluding carboxylic acids is 8. The second kappa shape index (κ2) is 31.1. The quantitative estimate of drug-likeness (QED) is 0.0190. The molecule has 8 amide bonds. The van der Waals surface area contributed by atoms with Crippen LogP contribution in [0.2, 0.25) is 0 Å². The Labute approximate surface area is 536 Å². The van der Waals surface area contributed by atoms with Gasteiger partial charge >= 0.3 is 29.6 Å². The number of aromatic nitrogens is 1. The fourth-order valence-electron chi connectivity index (χ4n) is 10.3. The standard InChI is InChI=1S/C56H71N9O23S.Na/c1-4-5-6-17-86-32-14-11-28(12-15-32)39-21-33(63-87-39)27-7-9-29(10-8-27)49(75)58-34-20-38(70)52(78)62-54(80)45-46(72)25(2)23-65(45)56(82)43(37(69)22-41(57)71)60-53(79)44(48(74)47(73)30-13-16-36(68)40(18-30)88-89(83,84)85)61-51(77)35-19-31(67)24-64(35)55(81)42(26(3)66)59-50(34)76;/h7-16,18,21,25-26,31,34-35,37-38,42-48,52,66-70,72-74,78H,4-6,17,19-20,22-24H2,1-3H3,(H2,57,71)(H,58,75)(H,59,76)(H,60,79)(H,61,77)(H,62,80)(H,83,84,85);/q;+1/p-1/t25-,26-,31+,34?,35-,37+,38+,42-,43-,44-,45-,46-,47+,48?,52-;/m1./s1. The van der Waals surface area contributed by atoms with Gasteiger partial charge < -0.3 is 106 Å². The van der Waals surface area contributed by atoms with Gasteiger partial charge in [0.1, 0.15) is 66.0 Å². The summed E-state index contributed by atoms with van der Waals surface area (Å²) in [5, 5.41) is 116. The number of nitrogens with zero attached hydrogens (tertiary/aromatic N) is 3. The second-order valence-electron chi connectivity index (χ2n) is 21.9. The van der Waals surface area contributed by atoms with Gasteiger partial charge in [-0.2, -0.15) is 0 Å². The average molecular weight is 1290 g/mol. The van der Waals surface area contributed by atoms with Gasteiger partial charge in [-0.15, -0.1) is 0 Å². The minimum Gasteiger partial charge on any atom is -0.716 e. The van der Waals surface area contributed by atoms with Crippen LogP contribution in [0.1, 0.15) is 81.3 Å². The van der Waals surface area contributed by atoms with Crippen LogP contribution >= 0.6 is 0 Å². The van der Waals surface area contributed by atoms with Crippen molar-refractivity contribution < 1.29 is 140 Å². The first-order valence-electron chi connectivity index (χ1n) is 28.1. The van der Waals surface area contributed by atoms with Crippen molar-refractivity contribution in [2.45, 2.75) is 145 Å². The monoisotopic (exact) mass is 1290 g/mol. The zero-order chi connectivity index (χ0) is 65.3. The molecule has 484 valence electrons. The van der Waals surface area contributed by atoms with Crippen LogP contribution in [-0.2, 0) is 44.0 Å². The summed E-state index contributed by atoms with van der Waals surface area (Å²) in [4.78, 5) is 115. The number of ether oxygens (including phenoxy) is 1. The molecule has 7 rings (SSSR count). The predicted octanol–water partition coefficient (Wildman–Crippen LogP) is -7.24. The first-order valence-corrected chi connectivity index (χ1v) is 29.4. The smallest absolute Gasteiger partial charge is 0.716 e. The number of phenolic OH excluding ortho intramolecular Hbond substituents is 1. The molecule has 0 saturated carbocycles. The van der Waals surface area contributed by atoms with Crippen LogP contribution in [0.15, 0.2) is 77.3 Å². The van der Waals surface area contributed by atoms with Crippen molar-refractivity contribution in [1.29, 1.82) is 0 Å². The van der Waals surface area contributed by atoms with Crippen LogP contribution in [0, 0.1) is 5.92 Å². The van der Waals surface area contributed by atoms with E-state index in [2.05, 4.69) is 32.2 Å².